The number of amides is 2. The summed E-state index contributed by atoms with van der Waals surface area (Å²) in [5.74, 6) is 0.682. The zero-order valence-corrected chi connectivity index (χ0v) is 23.4. The Morgan fingerprint density at radius 2 is 1.65 bits per heavy atom. The van der Waals surface area contributed by atoms with E-state index in [1.165, 1.54) is 11.4 Å². The number of hydrogen-bond donors (Lipinski definition) is 1. The van der Waals surface area contributed by atoms with Crippen molar-refractivity contribution in [2.24, 2.45) is 0 Å². The minimum atomic E-state index is -3.62. The Balaban J connectivity index is 2.25. The smallest absolute Gasteiger partial charge is 0.243 e. The van der Waals surface area contributed by atoms with Crippen molar-refractivity contribution >= 4 is 27.5 Å². The number of ether oxygens (including phenoxy) is 2. The Morgan fingerprint density at radius 3 is 2.19 bits per heavy atom. The largest absolute Gasteiger partial charge is 0.497 e. The van der Waals surface area contributed by atoms with Crippen LogP contribution in [0.4, 0.5) is 5.69 Å². The Hall–Kier alpha value is -3.27. The van der Waals surface area contributed by atoms with Crippen LogP contribution in [0.15, 0.2) is 48.5 Å². The van der Waals surface area contributed by atoms with Gasteiger partial charge in [-0.15, -0.1) is 0 Å². The fraction of sp³-hybridized carbons (Fsp3) is 0.481. The molecule has 1 atom stereocenters. The van der Waals surface area contributed by atoms with Gasteiger partial charge in [-0.25, -0.2) is 8.42 Å². The number of para-hydroxylation sites is 2. The van der Waals surface area contributed by atoms with Crippen LogP contribution in [0.2, 0.25) is 0 Å². The van der Waals surface area contributed by atoms with Gasteiger partial charge in [0.1, 0.15) is 17.5 Å². The van der Waals surface area contributed by atoms with Gasteiger partial charge in [-0.3, -0.25) is 13.9 Å². The van der Waals surface area contributed by atoms with E-state index in [-0.39, 0.29) is 43.8 Å². The lowest BCUT2D eigenvalue weighted by molar-refractivity contribution is -0.141. The number of nitrogens with one attached hydrogen (secondary N) is 1. The van der Waals surface area contributed by atoms with Crippen molar-refractivity contribution in [3.05, 3.63) is 54.1 Å². The second-order valence-corrected chi connectivity index (χ2v) is 11.0. The van der Waals surface area contributed by atoms with Crippen LogP contribution in [-0.4, -0.2) is 64.2 Å². The molecule has 0 aromatic heterocycles. The first-order valence-electron chi connectivity index (χ1n) is 12.3. The molecule has 0 heterocycles. The monoisotopic (exact) mass is 533 g/mol. The molecule has 10 heteroatoms. The van der Waals surface area contributed by atoms with Crippen LogP contribution in [0.5, 0.6) is 11.5 Å². The number of hydrogen-bond acceptors (Lipinski definition) is 6. The topological polar surface area (TPSA) is 105 Å². The molecule has 0 saturated carbocycles. The average molecular weight is 534 g/mol. The normalized spacial score (nSPS) is 12.1. The van der Waals surface area contributed by atoms with Crippen molar-refractivity contribution in [3.8, 4) is 11.5 Å². The first kappa shape index (κ1) is 30.0. The summed E-state index contributed by atoms with van der Waals surface area (Å²) in [6, 6.07) is 13.5. The van der Waals surface area contributed by atoms with E-state index in [1.54, 1.807) is 36.3 Å². The number of carbonyl (C=O) groups is 2. The van der Waals surface area contributed by atoms with E-state index in [1.807, 2.05) is 45.0 Å². The molecule has 0 fully saturated rings. The molecule has 204 valence electrons. The Morgan fingerprint density at radius 1 is 1.00 bits per heavy atom. The van der Waals surface area contributed by atoms with E-state index in [9.17, 15) is 18.0 Å². The second kappa shape index (κ2) is 13.9. The molecule has 0 spiro atoms. The summed E-state index contributed by atoms with van der Waals surface area (Å²) in [6.45, 7) is 5.95. The third-order valence-electron chi connectivity index (χ3n) is 5.83. The van der Waals surface area contributed by atoms with E-state index in [0.717, 1.165) is 11.8 Å². The van der Waals surface area contributed by atoms with Gasteiger partial charge in [0.25, 0.3) is 0 Å². The Bertz CT molecular complexity index is 1140. The molecule has 2 amide bonds. The van der Waals surface area contributed by atoms with Crippen LogP contribution in [0.3, 0.4) is 0 Å². The van der Waals surface area contributed by atoms with E-state index < -0.39 is 16.1 Å². The van der Waals surface area contributed by atoms with Gasteiger partial charge in [0, 0.05) is 25.6 Å². The van der Waals surface area contributed by atoms with Crippen molar-refractivity contribution in [3.63, 3.8) is 0 Å². The molecule has 2 aromatic rings. The maximum Gasteiger partial charge on any atom is 0.243 e. The minimum Gasteiger partial charge on any atom is -0.497 e. The quantitative estimate of drug-likeness (QED) is 0.398. The van der Waals surface area contributed by atoms with Crippen molar-refractivity contribution < 1.29 is 27.5 Å². The van der Waals surface area contributed by atoms with E-state index in [2.05, 4.69) is 5.32 Å². The van der Waals surface area contributed by atoms with Crippen molar-refractivity contribution in [1.29, 1.82) is 0 Å². The Kier molecular flexibility index (Phi) is 11.2. The molecule has 0 bridgehead atoms. The maximum atomic E-state index is 13.5. The SMILES string of the molecule is CC[C@@H](C(=O)NC(C)C)N(Cc1ccc(OC)cc1)C(=O)CCCN(c1ccccc1OC)S(C)(=O)=O. The highest BCUT2D eigenvalue weighted by Crippen LogP contribution is 2.30. The molecule has 1 N–H and O–H groups in total. The van der Waals surface area contributed by atoms with Gasteiger partial charge in [-0.1, -0.05) is 31.2 Å². The van der Waals surface area contributed by atoms with Crippen molar-refractivity contribution in [2.75, 3.05) is 31.3 Å². The number of carbonyl (C=O) groups excluding carboxylic acids is 2. The second-order valence-electron chi connectivity index (χ2n) is 9.07. The highest BCUT2D eigenvalue weighted by molar-refractivity contribution is 7.92. The van der Waals surface area contributed by atoms with E-state index >= 15 is 0 Å². The molecule has 2 aromatic carbocycles. The molecule has 0 aliphatic rings. The van der Waals surface area contributed by atoms with Crippen molar-refractivity contribution in [2.45, 2.75) is 58.7 Å². The standard InChI is InChI=1S/C27H39N3O6S/c1-7-23(27(32)28-20(2)3)29(19-21-14-16-22(35-4)17-15-21)26(31)13-10-18-30(37(6,33)34)24-11-8-9-12-25(24)36-5/h8-9,11-12,14-17,20,23H,7,10,13,18-19H2,1-6H3,(H,28,32)/t23-/m0/s1. The summed E-state index contributed by atoms with van der Waals surface area (Å²) in [7, 11) is -0.558. The van der Waals surface area contributed by atoms with Crippen LogP contribution in [0.1, 0.15) is 45.6 Å². The fourth-order valence-corrected chi connectivity index (χ4v) is 5.01. The lowest BCUT2D eigenvalue weighted by atomic mass is 10.1. The first-order valence-corrected chi connectivity index (χ1v) is 14.2. The zero-order chi connectivity index (χ0) is 27.6. The van der Waals surface area contributed by atoms with Gasteiger partial charge >= 0.3 is 0 Å². The van der Waals surface area contributed by atoms with Crippen LogP contribution >= 0.6 is 0 Å². The molecular formula is C27H39N3O6S. The van der Waals surface area contributed by atoms with Gasteiger partial charge in [-0.2, -0.15) is 0 Å². The number of sulfonamides is 1. The maximum absolute atomic E-state index is 13.5. The molecule has 2 rings (SSSR count). The summed E-state index contributed by atoms with van der Waals surface area (Å²) >= 11 is 0. The number of rotatable bonds is 14. The Labute approximate surface area is 220 Å². The number of nitrogens with zero attached hydrogens (tertiary/aromatic N) is 2. The summed E-state index contributed by atoms with van der Waals surface area (Å²) < 4.78 is 36.9. The highest BCUT2D eigenvalue weighted by atomic mass is 32.2. The van der Waals surface area contributed by atoms with E-state index in [0.29, 0.717) is 23.6 Å². The molecule has 0 aliphatic carbocycles. The molecule has 9 nitrogen and oxygen atoms in total. The van der Waals surface area contributed by atoms with Gasteiger partial charge < -0.3 is 19.7 Å². The van der Waals surface area contributed by atoms with Crippen LogP contribution in [-0.2, 0) is 26.2 Å². The van der Waals surface area contributed by atoms with Gasteiger partial charge in [-0.05, 0) is 56.5 Å². The predicted molar refractivity (Wildman–Crippen MR) is 145 cm³/mol. The van der Waals surface area contributed by atoms with Crippen LogP contribution in [0, 0.1) is 0 Å². The van der Waals surface area contributed by atoms with Gasteiger partial charge in [0.05, 0.1) is 26.2 Å². The first-order chi connectivity index (χ1) is 17.5. The van der Waals surface area contributed by atoms with Crippen LogP contribution in [0.25, 0.3) is 0 Å². The zero-order valence-electron chi connectivity index (χ0n) is 22.6. The van der Waals surface area contributed by atoms with Gasteiger partial charge in [0.2, 0.25) is 21.8 Å². The average Bonchev–Trinajstić information content (AvgIpc) is 2.85. The fourth-order valence-electron chi connectivity index (χ4n) is 4.05. The number of benzene rings is 2. The molecule has 0 saturated heterocycles. The lowest BCUT2D eigenvalue weighted by Crippen LogP contribution is -2.50. The summed E-state index contributed by atoms with van der Waals surface area (Å²) in [5.41, 5.74) is 1.27. The number of methoxy groups -OCH3 is 2. The van der Waals surface area contributed by atoms with Gasteiger partial charge in [0.15, 0.2) is 0 Å². The lowest BCUT2D eigenvalue weighted by Gasteiger charge is -2.31. The molecule has 0 radical (unpaired) electrons. The molecule has 37 heavy (non-hydrogen) atoms. The summed E-state index contributed by atoms with van der Waals surface area (Å²) in [5, 5.41) is 2.91. The van der Waals surface area contributed by atoms with E-state index in [4.69, 9.17) is 9.47 Å². The van der Waals surface area contributed by atoms with Crippen molar-refractivity contribution in [1.82, 2.24) is 10.2 Å². The third-order valence-corrected chi connectivity index (χ3v) is 7.01. The molecule has 0 unspecified atom stereocenters. The third kappa shape index (κ3) is 8.66. The number of anilines is 1. The highest BCUT2D eigenvalue weighted by Gasteiger charge is 2.29. The predicted octanol–water partition coefficient (Wildman–Crippen LogP) is 3.58. The van der Waals surface area contributed by atoms with Crippen LogP contribution < -0.4 is 19.1 Å². The molecule has 0 aliphatic heterocycles. The molecular weight excluding hydrogens is 494 g/mol. The summed E-state index contributed by atoms with van der Waals surface area (Å²) in [6.07, 6.45) is 1.91. The summed E-state index contributed by atoms with van der Waals surface area (Å²) in [4.78, 5) is 28.0. The minimum absolute atomic E-state index is 0.0661.